The third-order valence-corrected chi connectivity index (χ3v) is 1.95. The Balaban J connectivity index is 3.11. The molecule has 1 aromatic rings. The van der Waals surface area contributed by atoms with Crippen LogP contribution in [-0.4, -0.2) is 25.5 Å². The first kappa shape index (κ1) is 15.1. The SMILES string of the molecule is COC(=O)c1ccc(OC(F)(F)F)cc1OC(C)C. The quantitative estimate of drug-likeness (QED) is 0.794. The summed E-state index contributed by atoms with van der Waals surface area (Å²) in [6.07, 6.45) is -5.12. The van der Waals surface area contributed by atoms with Crippen molar-refractivity contribution in [2.75, 3.05) is 7.11 Å². The second kappa shape index (κ2) is 5.81. The molecule has 4 nitrogen and oxygen atoms in total. The van der Waals surface area contributed by atoms with Crippen LogP contribution in [-0.2, 0) is 4.74 Å². The third-order valence-electron chi connectivity index (χ3n) is 1.95. The van der Waals surface area contributed by atoms with Crippen molar-refractivity contribution in [3.05, 3.63) is 23.8 Å². The van der Waals surface area contributed by atoms with Crippen LogP contribution < -0.4 is 9.47 Å². The zero-order valence-corrected chi connectivity index (χ0v) is 10.6. The Hall–Kier alpha value is -1.92. The molecule has 0 aliphatic rings. The smallest absolute Gasteiger partial charge is 0.490 e. The van der Waals surface area contributed by atoms with Crippen LogP contribution >= 0.6 is 0 Å². The number of rotatable bonds is 4. The predicted molar refractivity (Wildman–Crippen MR) is 60.2 cm³/mol. The number of alkyl halides is 3. The van der Waals surface area contributed by atoms with E-state index < -0.39 is 18.1 Å². The number of carbonyl (C=O) groups is 1. The summed E-state index contributed by atoms with van der Waals surface area (Å²) in [5.41, 5.74) is 0.0331. The van der Waals surface area contributed by atoms with Gasteiger partial charge in [-0.2, -0.15) is 0 Å². The van der Waals surface area contributed by atoms with Crippen molar-refractivity contribution in [2.24, 2.45) is 0 Å². The van der Waals surface area contributed by atoms with Crippen molar-refractivity contribution >= 4 is 5.97 Å². The minimum Gasteiger partial charge on any atom is -0.490 e. The van der Waals surface area contributed by atoms with Gasteiger partial charge in [-0.05, 0) is 26.0 Å². The summed E-state index contributed by atoms with van der Waals surface area (Å²) < 4.78 is 49.9. The van der Waals surface area contributed by atoms with Crippen LogP contribution in [0.4, 0.5) is 13.2 Å². The Morgan fingerprint density at radius 2 is 1.89 bits per heavy atom. The fourth-order valence-corrected chi connectivity index (χ4v) is 1.33. The highest BCUT2D eigenvalue weighted by atomic mass is 19.4. The van der Waals surface area contributed by atoms with Crippen molar-refractivity contribution in [1.29, 1.82) is 0 Å². The van der Waals surface area contributed by atoms with E-state index in [0.29, 0.717) is 0 Å². The van der Waals surface area contributed by atoms with Gasteiger partial charge in [0.05, 0.1) is 13.2 Å². The third kappa shape index (κ3) is 4.69. The molecule has 0 aromatic heterocycles. The highest BCUT2D eigenvalue weighted by Crippen LogP contribution is 2.30. The van der Waals surface area contributed by atoms with Crippen LogP contribution in [0.5, 0.6) is 11.5 Å². The Bertz CT molecular complexity index is 455. The average Bonchev–Trinajstić information content (AvgIpc) is 2.25. The topological polar surface area (TPSA) is 44.8 Å². The second-order valence-corrected chi connectivity index (χ2v) is 3.86. The minimum atomic E-state index is -4.80. The zero-order chi connectivity index (χ0) is 14.6. The second-order valence-electron chi connectivity index (χ2n) is 3.86. The van der Waals surface area contributed by atoms with Crippen LogP contribution in [0.2, 0.25) is 0 Å². The number of benzene rings is 1. The van der Waals surface area contributed by atoms with Gasteiger partial charge in [-0.15, -0.1) is 13.2 Å². The molecule has 1 rings (SSSR count). The molecular weight excluding hydrogens is 265 g/mol. The number of ether oxygens (including phenoxy) is 3. The van der Waals surface area contributed by atoms with Crippen LogP contribution in [0.15, 0.2) is 18.2 Å². The molecule has 0 aliphatic carbocycles. The summed E-state index contributed by atoms with van der Waals surface area (Å²) in [6, 6.07) is 3.18. The van der Waals surface area contributed by atoms with Gasteiger partial charge < -0.3 is 14.2 Å². The number of hydrogen-bond donors (Lipinski definition) is 0. The van der Waals surface area contributed by atoms with Gasteiger partial charge in [-0.1, -0.05) is 0 Å². The summed E-state index contributed by atoms with van der Waals surface area (Å²) in [5, 5.41) is 0. The predicted octanol–water partition coefficient (Wildman–Crippen LogP) is 3.16. The van der Waals surface area contributed by atoms with Crippen molar-refractivity contribution in [2.45, 2.75) is 26.3 Å². The number of esters is 1. The van der Waals surface area contributed by atoms with Gasteiger partial charge in [0, 0.05) is 6.07 Å². The van der Waals surface area contributed by atoms with E-state index in [-0.39, 0.29) is 17.4 Å². The van der Waals surface area contributed by atoms with E-state index in [9.17, 15) is 18.0 Å². The van der Waals surface area contributed by atoms with Gasteiger partial charge in [0.2, 0.25) is 0 Å². The Morgan fingerprint density at radius 1 is 1.26 bits per heavy atom. The lowest BCUT2D eigenvalue weighted by molar-refractivity contribution is -0.274. The van der Waals surface area contributed by atoms with Gasteiger partial charge in [-0.3, -0.25) is 0 Å². The molecule has 7 heteroatoms. The summed E-state index contributed by atoms with van der Waals surface area (Å²) in [7, 11) is 1.17. The molecule has 0 aliphatic heterocycles. The van der Waals surface area contributed by atoms with E-state index in [0.717, 1.165) is 18.2 Å². The molecule has 19 heavy (non-hydrogen) atoms. The molecule has 0 radical (unpaired) electrons. The van der Waals surface area contributed by atoms with Crippen LogP contribution in [0, 0.1) is 0 Å². The number of carbonyl (C=O) groups excluding carboxylic acids is 1. The summed E-state index contributed by atoms with van der Waals surface area (Å²) in [6.45, 7) is 3.36. The molecule has 0 saturated heterocycles. The molecule has 0 spiro atoms. The maximum absolute atomic E-state index is 12.1. The molecule has 1 aromatic carbocycles. The number of halogens is 3. The van der Waals surface area contributed by atoms with E-state index in [4.69, 9.17) is 4.74 Å². The van der Waals surface area contributed by atoms with E-state index in [1.807, 2.05) is 0 Å². The van der Waals surface area contributed by atoms with Crippen molar-refractivity contribution < 1.29 is 32.2 Å². The van der Waals surface area contributed by atoms with Crippen molar-refractivity contribution in [3.63, 3.8) is 0 Å². The molecule has 0 unspecified atom stereocenters. The van der Waals surface area contributed by atoms with Crippen LogP contribution in [0.3, 0.4) is 0 Å². The molecule has 0 bridgehead atoms. The van der Waals surface area contributed by atoms with Gasteiger partial charge in [0.15, 0.2) is 0 Å². The first-order valence-electron chi connectivity index (χ1n) is 5.37. The van der Waals surface area contributed by atoms with Crippen molar-refractivity contribution in [1.82, 2.24) is 0 Å². The standard InChI is InChI=1S/C12H13F3O4/c1-7(2)18-10-6-8(19-12(13,14)15)4-5-9(10)11(16)17-3/h4-7H,1-3H3. The molecule has 0 N–H and O–H groups in total. The lowest BCUT2D eigenvalue weighted by atomic mass is 10.2. The summed E-state index contributed by atoms with van der Waals surface area (Å²) in [5.74, 6) is -1.19. The van der Waals surface area contributed by atoms with Gasteiger partial charge in [0.25, 0.3) is 0 Å². The first-order chi connectivity index (χ1) is 8.73. The Kier molecular flexibility index (Phi) is 4.63. The Labute approximate surface area is 108 Å². The zero-order valence-electron chi connectivity index (χ0n) is 10.6. The monoisotopic (exact) mass is 278 g/mol. The molecule has 0 amide bonds. The molecule has 106 valence electrons. The molecule has 0 saturated carbocycles. The maximum atomic E-state index is 12.1. The van der Waals surface area contributed by atoms with E-state index >= 15 is 0 Å². The van der Waals surface area contributed by atoms with Gasteiger partial charge in [-0.25, -0.2) is 4.79 Å². The fourth-order valence-electron chi connectivity index (χ4n) is 1.33. The van der Waals surface area contributed by atoms with Crippen LogP contribution in [0.25, 0.3) is 0 Å². The van der Waals surface area contributed by atoms with Gasteiger partial charge in [0.1, 0.15) is 17.1 Å². The van der Waals surface area contributed by atoms with E-state index in [2.05, 4.69) is 9.47 Å². The minimum absolute atomic E-state index is 0.0244. The van der Waals surface area contributed by atoms with E-state index in [1.54, 1.807) is 13.8 Å². The summed E-state index contributed by atoms with van der Waals surface area (Å²) in [4.78, 5) is 11.4. The molecule has 0 heterocycles. The normalized spacial score (nSPS) is 11.3. The highest BCUT2D eigenvalue weighted by Gasteiger charge is 2.31. The lowest BCUT2D eigenvalue weighted by Crippen LogP contribution is -2.18. The number of methoxy groups -OCH3 is 1. The highest BCUT2D eigenvalue weighted by molar-refractivity contribution is 5.92. The molecule has 0 fully saturated rings. The van der Waals surface area contributed by atoms with Crippen molar-refractivity contribution in [3.8, 4) is 11.5 Å². The largest absolute Gasteiger partial charge is 0.573 e. The summed E-state index contributed by atoms with van der Waals surface area (Å²) >= 11 is 0. The first-order valence-corrected chi connectivity index (χ1v) is 5.37. The van der Waals surface area contributed by atoms with E-state index in [1.165, 1.54) is 7.11 Å². The fraction of sp³-hybridized carbons (Fsp3) is 0.417. The lowest BCUT2D eigenvalue weighted by Gasteiger charge is -2.15. The number of hydrogen-bond acceptors (Lipinski definition) is 4. The Morgan fingerprint density at radius 3 is 2.37 bits per heavy atom. The van der Waals surface area contributed by atoms with Gasteiger partial charge >= 0.3 is 12.3 Å². The van der Waals surface area contributed by atoms with Crippen LogP contribution in [0.1, 0.15) is 24.2 Å². The maximum Gasteiger partial charge on any atom is 0.573 e. The average molecular weight is 278 g/mol. The molecular formula is C12H13F3O4. The molecule has 0 atom stereocenters.